The molecule has 0 spiro atoms. The first-order valence-electron chi connectivity index (χ1n) is 10.5. The molecule has 0 saturated carbocycles. The summed E-state index contributed by atoms with van der Waals surface area (Å²) in [5.41, 5.74) is -1.40. The van der Waals surface area contributed by atoms with E-state index in [1.807, 2.05) is 9.47 Å². The minimum Gasteiger partial charge on any atom is -0.396 e. The van der Waals surface area contributed by atoms with Crippen molar-refractivity contribution in [3.05, 3.63) is 48.0 Å². The van der Waals surface area contributed by atoms with Crippen molar-refractivity contribution in [3.63, 3.8) is 0 Å². The number of anilines is 1. The summed E-state index contributed by atoms with van der Waals surface area (Å²) in [5, 5.41) is 19.2. The number of nitriles is 1. The van der Waals surface area contributed by atoms with Gasteiger partial charge in [-0.15, -0.1) is 0 Å². The molecular weight excluding hydrogens is 423 g/mol. The van der Waals surface area contributed by atoms with E-state index >= 15 is 0 Å². The normalized spacial score (nSPS) is 23.2. The number of likely N-dealkylation sites (tertiary alicyclic amines) is 1. The van der Waals surface area contributed by atoms with Crippen LogP contribution in [0, 0.1) is 22.7 Å². The molecular formula is C22H24F3N5O2. The summed E-state index contributed by atoms with van der Waals surface area (Å²) in [4.78, 5) is 20.3. The van der Waals surface area contributed by atoms with Crippen LogP contribution >= 0.6 is 0 Å². The van der Waals surface area contributed by atoms with Gasteiger partial charge in [0.05, 0.1) is 30.1 Å². The highest BCUT2D eigenvalue weighted by Gasteiger charge is 2.50. The maximum atomic E-state index is 13.4. The van der Waals surface area contributed by atoms with Gasteiger partial charge in [0.15, 0.2) is 0 Å². The van der Waals surface area contributed by atoms with E-state index in [9.17, 15) is 23.1 Å². The van der Waals surface area contributed by atoms with Crippen molar-refractivity contribution in [2.45, 2.75) is 25.6 Å². The van der Waals surface area contributed by atoms with Crippen LogP contribution in [0.4, 0.5) is 18.9 Å². The number of hydrogen-bond acceptors (Lipinski definition) is 5. The van der Waals surface area contributed by atoms with E-state index in [0.29, 0.717) is 51.3 Å². The molecule has 0 bridgehead atoms. The predicted molar refractivity (Wildman–Crippen MR) is 109 cm³/mol. The number of hydrogen-bond donors (Lipinski definition) is 1. The topological polar surface area (TPSA) is 85.4 Å². The molecule has 2 aromatic rings. The summed E-state index contributed by atoms with van der Waals surface area (Å²) in [7, 11) is 0. The molecule has 1 amide bonds. The van der Waals surface area contributed by atoms with E-state index in [1.165, 1.54) is 12.1 Å². The third kappa shape index (κ3) is 4.17. The molecule has 2 saturated heterocycles. The summed E-state index contributed by atoms with van der Waals surface area (Å²) in [6, 6.07) is 5.36. The molecule has 2 unspecified atom stereocenters. The average Bonchev–Trinajstić information content (AvgIpc) is 3.44. The zero-order chi connectivity index (χ0) is 22.9. The van der Waals surface area contributed by atoms with Gasteiger partial charge in [-0.1, -0.05) is 0 Å². The molecule has 4 rings (SSSR count). The number of halogens is 3. The van der Waals surface area contributed by atoms with Crippen LogP contribution in [0.15, 0.2) is 36.9 Å². The molecule has 32 heavy (non-hydrogen) atoms. The van der Waals surface area contributed by atoms with Crippen molar-refractivity contribution in [1.29, 1.82) is 5.26 Å². The van der Waals surface area contributed by atoms with Gasteiger partial charge in [-0.05, 0) is 24.6 Å². The van der Waals surface area contributed by atoms with Gasteiger partial charge in [-0.3, -0.25) is 4.79 Å². The number of aliphatic hydroxyl groups excluding tert-OH is 1. The first kappa shape index (κ1) is 22.1. The molecule has 170 valence electrons. The Hall–Kier alpha value is -3.06. The third-order valence-electron chi connectivity index (χ3n) is 6.74. The van der Waals surface area contributed by atoms with Crippen molar-refractivity contribution in [3.8, 4) is 6.07 Å². The molecule has 7 nitrogen and oxygen atoms in total. The molecule has 10 heteroatoms. The van der Waals surface area contributed by atoms with E-state index in [4.69, 9.17) is 5.26 Å². The van der Waals surface area contributed by atoms with Crippen LogP contribution in [0.3, 0.4) is 0 Å². The van der Waals surface area contributed by atoms with Crippen molar-refractivity contribution in [1.82, 2.24) is 14.5 Å². The van der Waals surface area contributed by atoms with Crippen molar-refractivity contribution in [2.75, 3.05) is 37.7 Å². The Morgan fingerprint density at radius 1 is 1.34 bits per heavy atom. The number of amides is 1. The minimum absolute atomic E-state index is 0.00907. The Morgan fingerprint density at radius 3 is 2.81 bits per heavy atom. The molecule has 1 N–H and O–H groups in total. The Morgan fingerprint density at radius 2 is 2.16 bits per heavy atom. The first-order valence-corrected chi connectivity index (χ1v) is 10.5. The lowest BCUT2D eigenvalue weighted by Gasteiger charge is -2.43. The number of imidazole rings is 1. The van der Waals surface area contributed by atoms with Crippen LogP contribution in [0.5, 0.6) is 0 Å². The van der Waals surface area contributed by atoms with E-state index in [2.05, 4.69) is 4.98 Å². The van der Waals surface area contributed by atoms with Crippen molar-refractivity contribution in [2.24, 2.45) is 11.3 Å². The second-order valence-corrected chi connectivity index (χ2v) is 8.58. The number of benzene rings is 1. The van der Waals surface area contributed by atoms with Crippen molar-refractivity contribution >= 4 is 11.6 Å². The van der Waals surface area contributed by atoms with Gasteiger partial charge in [0, 0.05) is 68.6 Å². The molecule has 1 aromatic carbocycles. The Bertz CT molecular complexity index is 1020. The number of nitrogens with zero attached hydrogens (tertiary/aromatic N) is 5. The fourth-order valence-electron chi connectivity index (χ4n) is 4.83. The summed E-state index contributed by atoms with van der Waals surface area (Å²) in [6.45, 7) is 2.27. The fraction of sp³-hybridized carbons (Fsp3) is 0.500. The largest absolute Gasteiger partial charge is 0.417 e. The number of rotatable bonds is 5. The summed E-state index contributed by atoms with van der Waals surface area (Å²) >= 11 is 0. The van der Waals surface area contributed by atoms with Gasteiger partial charge in [0.25, 0.3) is 0 Å². The van der Waals surface area contributed by atoms with E-state index in [-0.39, 0.29) is 18.4 Å². The summed E-state index contributed by atoms with van der Waals surface area (Å²) in [5.74, 6) is -0.0615. The molecule has 2 atom stereocenters. The molecule has 3 heterocycles. The van der Waals surface area contributed by atoms with Crippen LogP contribution in [-0.4, -0.2) is 58.3 Å². The molecule has 2 fully saturated rings. The molecule has 0 aliphatic carbocycles. The Balaban J connectivity index is 1.48. The minimum atomic E-state index is -4.61. The van der Waals surface area contributed by atoms with Crippen LogP contribution in [0.25, 0.3) is 0 Å². The third-order valence-corrected chi connectivity index (χ3v) is 6.74. The molecule has 1 aromatic heterocycles. The zero-order valence-corrected chi connectivity index (χ0v) is 17.4. The van der Waals surface area contributed by atoms with Gasteiger partial charge < -0.3 is 19.5 Å². The molecule has 2 aliphatic rings. The van der Waals surface area contributed by atoms with Gasteiger partial charge in [0.2, 0.25) is 5.91 Å². The van der Waals surface area contributed by atoms with Crippen LogP contribution in [0.2, 0.25) is 0 Å². The number of aryl methyl sites for hydroxylation is 1. The SMILES string of the molecule is N#Cc1ccc(N2CCC3(CO)CN(C(=O)CCn4ccnc4)CC3C2)cc1C(F)(F)F. The monoisotopic (exact) mass is 447 g/mol. The second-order valence-electron chi connectivity index (χ2n) is 8.58. The van der Waals surface area contributed by atoms with Gasteiger partial charge in [-0.25, -0.2) is 4.98 Å². The Labute approximate surface area is 183 Å². The molecule has 0 radical (unpaired) electrons. The number of piperidine rings is 1. The highest BCUT2D eigenvalue weighted by molar-refractivity contribution is 5.76. The maximum absolute atomic E-state index is 13.4. The van der Waals surface area contributed by atoms with Crippen LogP contribution < -0.4 is 4.90 Å². The first-order chi connectivity index (χ1) is 15.3. The number of fused-ring (bicyclic) bond motifs is 1. The van der Waals surface area contributed by atoms with Crippen LogP contribution in [0.1, 0.15) is 24.0 Å². The zero-order valence-electron chi connectivity index (χ0n) is 17.4. The summed E-state index contributed by atoms with van der Waals surface area (Å²) in [6.07, 6.45) is 1.36. The number of aliphatic hydroxyl groups is 1. The van der Waals surface area contributed by atoms with Crippen molar-refractivity contribution < 1.29 is 23.1 Å². The lowest BCUT2D eigenvalue weighted by atomic mass is 9.73. The summed E-state index contributed by atoms with van der Waals surface area (Å²) < 4.78 is 42.0. The standard InChI is InChI=1S/C22H24F3N5O2/c23-22(24,25)19-9-18(2-1-16(19)10-26)29-7-4-21(14-31)13-30(12-17(21)11-29)20(32)3-6-28-8-5-27-15-28/h1-2,5,8-9,15,17,31H,3-4,6-7,11-14H2. The quantitative estimate of drug-likeness (QED) is 0.762. The van der Waals surface area contributed by atoms with E-state index in [0.717, 1.165) is 6.07 Å². The predicted octanol–water partition coefficient (Wildman–Crippen LogP) is 2.51. The van der Waals surface area contributed by atoms with Gasteiger partial charge >= 0.3 is 6.18 Å². The smallest absolute Gasteiger partial charge is 0.396 e. The Kier molecular flexibility index (Phi) is 5.86. The molecule has 2 aliphatic heterocycles. The maximum Gasteiger partial charge on any atom is 0.417 e. The van der Waals surface area contributed by atoms with Gasteiger partial charge in [0.1, 0.15) is 0 Å². The lowest BCUT2D eigenvalue weighted by molar-refractivity contribution is -0.137. The highest BCUT2D eigenvalue weighted by Crippen LogP contribution is 2.44. The number of aromatic nitrogens is 2. The fourth-order valence-corrected chi connectivity index (χ4v) is 4.83. The number of carbonyl (C=O) groups is 1. The lowest BCUT2D eigenvalue weighted by Crippen LogP contribution is -2.49. The van der Waals surface area contributed by atoms with E-state index in [1.54, 1.807) is 29.7 Å². The van der Waals surface area contributed by atoms with Crippen LogP contribution in [-0.2, 0) is 17.5 Å². The van der Waals surface area contributed by atoms with Gasteiger partial charge in [-0.2, -0.15) is 18.4 Å². The average molecular weight is 447 g/mol. The highest BCUT2D eigenvalue weighted by atomic mass is 19.4. The number of alkyl halides is 3. The number of carbonyl (C=O) groups excluding carboxylic acids is 1. The second kappa shape index (κ2) is 8.47. The van der Waals surface area contributed by atoms with E-state index < -0.39 is 22.7 Å².